The highest BCUT2D eigenvalue weighted by Gasteiger charge is 1.98. The molecule has 4 N–H and O–H groups in total. The first-order chi connectivity index (χ1) is 8.79. The van der Waals surface area contributed by atoms with Crippen LogP contribution in [-0.2, 0) is 6.42 Å². The van der Waals surface area contributed by atoms with E-state index in [2.05, 4.69) is 44.1 Å². The number of nitrogens with one attached hydrogen (secondary N) is 2. The molecule has 2 aromatic rings. The molecule has 0 bridgehead atoms. The van der Waals surface area contributed by atoms with Crippen LogP contribution in [0.5, 0.6) is 0 Å². The van der Waals surface area contributed by atoms with Gasteiger partial charge in [0.2, 0.25) is 0 Å². The molecule has 0 aliphatic carbocycles. The lowest BCUT2D eigenvalue weighted by Crippen LogP contribution is -2.03. The lowest BCUT2D eigenvalue weighted by atomic mass is 10.1. The third-order valence-corrected chi connectivity index (χ3v) is 3.04. The van der Waals surface area contributed by atoms with E-state index in [1.165, 1.54) is 5.56 Å². The lowest BCUT2D eigenvalue weighted by Gasteiger charge is -2.09. The SMILES string of the molecule is Nc1ccccc1Nc1ccc(CCNP)cc1. The van der Waals surface area contributed by atoms with Gasteiger partial charge in [-0.05, 0) is 36.2 Å². The van der Waals surface area contributed by atoms with Crippen LogP contribution in [0.4, 0.5) is 17.1 Å². The Morgan fingerprint density at radius 3 is 2.39 bits per heavy atom. The molecule has 4 heteroatoms. The molecule has 0 radical (unpaired) electrons. The highest BCUT2D eigenvalue weighted by molar-refractivity contribution is 7.13. The van der Waals surface area contributed by atoms with Gasteiger partial charge in [-0.15, -0.1) is 0 Å². The predicted octanol–water partition coefficient (Wildman–Crippen LogP) is 2.93. The van der Waals surface area contributed by atoms with Crippen molar-refractivity contribution in [1.82, 2.24) is 5.09 Å². The minimum Gasteiger partial charge on any atom is -0.397 e. The molecule has 2 aromatic carbocycles. The Morgan fingerprint density at radius 1 is 1.00 bits per heavy atom. The third kappa shape index (κ3) is 3.46. The molecule has 1 unspecified atom stereocenters. The van der Waals surface area contributed by atoms with E-state index in [9.17, 15) is 0 Å². The molecule has 3 nitrogen and oxygen atoms in total. The highest BCUT2D eigenvalue weighted by Crippen LogP contribution is 2.22. The third-order valence-electron chi connectivity index (χ3n) is 2.75. The molecule has 0 heterocycles. The zero-order valence-corrected chi connectivity index (χ0v) is 11.3. The zero-order chi connectivity index (χ0) is 12.8. The number of para-hydroxylation sites is 2. The van der Waals surface area contributed by atoms with Crippen molar-refractivity contribution in [2.75, 3.05) is 17.6 Å². The van der Waals surface area contributed by atoms with Crippen molar-refractivity contribution in [2.24, 2.45) is 0 Å². The predicted molar refractivity (Wildman–Crippen MR) is 82.0 cm³/mol. The number of nitrogen functional groups attached to an aromatic ring is 1. The fourth-order valence-electron chi connectivity index (χ4n) is 1.74. The summed E-state index contributed by atoms with van der Waals surface area (Å²) in [5.74, 6) is 0. The van der Waals surface area contributed by atoms with Crippen LogP contribution in [-0.4, -0.2) is 6.54 Å². The van der Waals surface area contributed by atoms with Crippen molar-refractivity contribution in [3.63, 3.8) is 0 Å². The first-order valence-electron chi connectivity index (χ1n) is 5.93. The van der Waals surface area contributed by atoms with Gasteiger partial charge in [-0.2, -0.15) is 0 Å². The van der Waals surface area contributed by atoms with E-state index in [-0.39, 0.29) is 0 Å². The molecule has 0 fully saturated rings. The van der Waals surface area contributed by atoms with Crippen LogP contribution in [0.25, 0.3) is 0 Å². The summed E-state index contributed by atoms with van der Waals surface area (Å²) in [5, 5.41) is 6.37. The summed E-state index contributed by atoms with van der Waals surface area (Å²) in [6.45, 7) is 0.961. The second-order valence-corrected chi connectivity index (χ2v) is 4.52. The summed E-state index contributed by atoms with van der Waals surface area (Å²) < 4.78 is 0. The van der Waals surface area contributed by atoms with E-state index in [4.69, 9.17) is 5.73 Å². The van der Waals surface area contributed by atoms with E-state index >= 15 is 0 Å². The number of hydrogen-bond acceptors (Lipinski definition) is 3. The van der Waals surface area contributed by atoms with Crippen LogP contribution in [0.3, 0.4) is 0 Å². The van der Waals surface area contributed by atoms with Gasteiger partial charge in [0, 0.05) is 12.2 Å². The van der Waals surface area contributed by atoms with Gasteiger partial charge in [-0.1, -0.05) is 33.7 Å². The molecule has 94 valence electrons. The molecular formula is C14H18N3P. The smallest absolute Gasteiger partial charge is 0.0617 e. The first kappa shape index (κ1) is 12.9. The van der Waals surface area contributed by atoms with Gasteiger partial charge in [0.15, 0.2) is 0 Å². The Balaban J connectivity index is 2.04. The van der Waals surface area contributed by atoms with E-state index in [0.29, 0.717) is 0 Å². The quantitative estimate of drug-likeness (QED) is 0.571. The maximum atomic E-state index is 5.89. The van der Waals surface area contributed by atoms with Crippen molar-refractivity contribution in [2.45, 2.75) is 6.42 Å². The largest absolute Gasteiger partial charge is 0.397 e. The van der Waals surface area contributed by atoms with Gasteiger partial charge in [-0.3, -0.25) is 0 Å². The van der Waals surface area contributed by atoms with Gasteiger partial charge < -0.3 is 16.1 Å². The van der Waals surface area contributed by atoms with Crippen LogP contribution in [0.15, 0.2) is 48.5 Å². The number of rotatable bonds is 5. The fourth-order valence-corrected chi connectivity index (χ4v) is 1.88. The van der Waals surface area contributed by atoms with E-state index in [1.807, 2.05) is 24.3 Å². The molecule has 0 saturated heterocycles. The molecular weight excluding hydrogens is 241 g/mol. The van der Waals surface area contributed by atoms with Gasteiger partial charge in [0.25, 0.3) is 0 Å². The molecule has 0 aliphatic rings. The molecule has 1 atom stereocenters. The summed E-state index contributed by atoms with van der Waals surface area (Å²) in [4.78, 5) is 0. The summed E-state index contributed by atoms with van der Waals surface area (Å²) in [7, 11) is 2.51. The van der Waals surface area contributed by atoms with Crippen molar-refractivity contribution < 1.29 is 0 Å². The monoisotopic (exact) mass is 259 g/mol. The summed E-state index contributed by atoms with van der Waals surface area (Å²) in [5.41, 5.74) is 9.96. The van der Waals surface area contributed by atoms with Crippen LogP contribution in [0.1, 0.15) is 5.56 Å². The molecule has 0 spiro atoms. The Kier molecular flexibility index (Phi) is 4.57. The number of nitrogens with two attached hydrogens (primary N) is 1. The number of hydrogen-bond donors (Lipinski definition) is 3. The van der Waals surface area contributed by atoms with Crippen molar-refractivity contribution in [3.8, 4) is 0 Å². The maximum absolute atomic E-state index is 5.89. The second-order valence-electron chi connectivity index (χ2n) is 4.11. The minimum absolute atomic E-state index is 0.758. The number of benzene rings is 2. The molecule has 0 saturated carbocycles. The Morgan fingerprint density at radius 2 is 1.72 bits per heavy atom. The Hall–Kier alpha value is -1.57. The van der Waals surface area contributed by atoms with Crippen LogP contribution < -0.4 is 16.1 Å². The number of anilines is 3. The maximum Gasteiger partial charge on any atom is 0.0617 e. The highest BCUT2D eigenvalue weighted by atomic mass is 31.0. The fraction of sp³-hybridized carbons (Fsp3) is 0.143. The Labute approximate surface area is 110 Å². The zero-order valence-electron chi connectivity index (χ0n) is 10.2. The standard InChI is InChI=1S/C14H18N3P/c15-13-3-1-2-4-14(13)17-12-7-5-11(6-8-12)9-10-16-18/h1-8,16-17H,9-10,15,18H2. The van der Waals surface area contributed by atoms with Crippen LogP contribution in [0, 0.1) is 0 Å². The van der Waals surface area contributed by atoms with Gasteiger partial charge in [0.05, 0.1) is 11.4 Å². The molecule has 0 amide bonds. The summed E-state index contributed by atoms with van der Waals surface area (Å²) in [6.07, 6.45) is 1.03. The van der Waals surface area contributed by atoms with Crippen molar-refractivity contribution in [1.29, 1.82) is 0 Å². The Bertz CT molecular complexity index is 497. The van der Waals surface area contributed by atoms with Crippen molar-refractivity contribution >= 4 is 26.5 Å². The average Bonchev–Trinajstić information content (AvgIpc) is 2.41. The summed E-state index contributed by atoms with van der Waals surface area (Å²) >= 11 is 0. The van der Waals surface area contributed by atoms with E-state index < -0.39 is 0 Å². The average molecular weight is 259 g/mol. The molecule has 18 heavy (non-hydrogen) atoms. The van der Waals surface area contributed by atoms with E-state index in [0.717, 1.165) is 30.0 Å². The lowest BCUT2D eigenvalue weighted by molar-refractivity contribution is 0.909. The molecule has 0 aliphatic heterocycles. The molecule has 0 aromatic heterocycles. The molecule has 2 rings (SSSR count). The summed E-state index contributed by atoms with van der Waals surface area (Å²) in [6, 6.07) is 16.2. The van der Waals surface area contributed by atoms with Crippen LogP contribution >= 0.6 is 9.39 Å². The first-order valence-corrected chi connectivity index (χ1v) is 6.51. The normalized spacial score (nSPS) is 10.3. The second kappa shape index (κ2) is 6.39. The van der Waals surface area contributed by atoms with Gasteiger partial charge in [0.1, 0.15) is 0 Å². The van der Waals surface area contributed by atoms with E-state index in [1.54, 1.807) is 0 Å². The van der Waals surface area contributed by atoms with Gasteiger partial charge in [-0.25, -0.2) is 0 Å². The van der Waals surface area contributed by atoms with Crippen molar-refractivity contribution in [3.05, 3.63) is 54.1 Å². The minimum atomic E-state index is 0.758. The van der Waals surface area contributed by atoms with Gasteiger partial charge >= 0.3 is 0 Å². The van der Waals surface area contributed by atoms with Crippen LogP contribution in [0.2, 0.25) is 0 Å². The topological polar surface area (TPSA) is 50.1 Å².